The largest absolute Gasteiger partial charge is 0.492 e. The van der Waals surface area contributed by atoms with Crippen LogP contribution in [0.1, 0.15) is 29.2 Å². The Balaban J connectivity index is 1.85. The van der Waals surface area contributed by atoms with Gasteiger partial charge < -0.3 is 14.4 Å². The topological polar surface area (TPSA) is 56.6 Å². The third-order valence-corrected chi connectivity index (χ3v) is 4.65. The summed E-state index contributed by atoms with van der Waals surface area (Å²) in [6, 6.07) is 3.80. The van der Waals surface area contributed by atoms with Gasteiger partial charge in [-0.15, -0.1) is 11.3 Å². The van der Waals surface area contributed by atoms with E-state index in [0.29, 0.717) is 43.5 Å². The molecule has 3 heterocycles. The van der Waals surface area contributed by atoms with Crippen LogP contribution in [0.2, 0.25) is 0 Å². The molecule has 1 aliphatic heterocycles. The van der Waals surface area contributed by atoms with Crippen LogP contribution in [-0.4, -0.2) is 46.5 Å². The molecule has 0 saturated heterocycles. The molecule has 1 aliphatic rings. The van der Waals surface area contributed by atoms with Crippen molar-refractivity contribution in [2.75, 3.05) is 19.8 Å². The maximum Gasteiger partial charge on any atom is 0.268 e. The standard InChI is InChI=1S/C16H21N3O3S/c1-3-21-13-10-18(9-12-5-7-17-19(12)11-13)16(20)15-14(22-4-2)6-8-23-15/h5-8,13H,3-4,9-11H2,1-2H3. The number of ether oxygens (including phenoxy) is 2. The fourth-order valence-electron chi connectivity index (χ4n) is 2.78. The first-order valence-corrected chi connectivity index (χ1v) is 8.72. The quantitative estimate of drug-likeness (QED) is 0.842. The molecule has 2 aromatic heterocycles. The van der Waals surface area contributed by atoms with E-state index in [-0.39, 0.29) is 12.0 Å². The van der Waals surface area contributed by atoms with Crippen molar-refractivity contribution in [2.24, 2.45) is 0 Å². The van der Waals surface area contributed by atoms with Crippen LogP contribution in [0.15, 0.2) is 23.7 Å². The van der Waals surface area contributed by atoms with Gasteiger partial charge in [-0.1, -0.05) is 0 Å². The smallest absolute Gasteiger partial charge is 0.268 e. The van der Waals surface area contributed by atoms with Crippen LogP contribution in [0.3, 0.4) is 0 Å². The van der Waals surface area contributed by atoms with Gasteiger partial charge in [0.1, 0.15) is 10.6 Å². The van der Waals surface area contributed by atoms with Crippen LogP contribution >= 0.6 is 11.3 Å². The molecule has 23 heavy (non-hydrogen) atoms. The van der Waals surface area contributed by atoms with Crippen LogP contribution < -0.4 is 4.74 Å². The molecule has 0 aliphatic carbocycles. The molecule has 0 N–H and O–H groups in total. The molecule has 0 spiro atoms. The van der Waals surface area contributed by atoms with Crippen molar-refractivity contribution in [2.45, 2.75) is 33.0 Å². The maximum absolute atomic E-state index is 13.0. The Morgan fingerprint density at radius 3 is 3.00 bits per heavy atom. The lowest BCUT2D eigenvalue weighted by Gasteiger charge is -2.24. The summed E-state index contributed by atoms with van der Waals surface area (Å²) >= 11 is 1.42. The maximum atomic E-state index is 13.0. The highest BCUT2D eigenvalue weighted by atomic mass is 32.1. The summed E-state index contributed by atoms with van der Waals surface area (Å²) in [5, 5.41) is 6.22. The molecular formula is C16H21N3O3S. The summed E-state index contributed by atoms with van der Waals surface area (Å²) in [5.74, 6) is 0.649. The first-order valence-electron chi connectivity index (χ1n) is 7.84. The summed E-state index contributed by atoms with van der Waals surface area (Å²) in [6.45, 7) is 6.81. The van der Waals surface area contributed by atoms with E-state index in [2.05, 4.69) is 5.10 Å². The lowest BCUT2D eigenvalue weighted by Crippen LogP contribution is -2.37. The van der Waals surface area contributed by atoms with Crippen molar-refractivity contribution in [3.63, 3.8) is 0 Å². The molecule has 1 atom stereocenters. The molecule has 124 valence electrons. The first-order chi connectivity index (χ1) is 11.2. The van der Waals surface area contributed by atoms with Gasteiger partial charge in [-0.05, 0) is 31.4 Å². The minimum Gasteiger partial charge on any atom is -0.492 e. The fourth-order valence-corrected chi connectivity index (χ4v) is 3.58. The van der Waals surface area contributed by atoms with Gasteiger partial charge in [-0.25, -0.2) is 0 Å². The van der Waals surface area contributed by atoms with Crippen molar-refractivity contribution >= 4 is 17.2 Å². The molecule has 7 heteroatoms. The second-order valence-electron chi connectivity index (χ2n) is 5.31. The number of nitrogens with zero attached hydrogens (tertiary/aromatic N) is 3. The number of carbonyl (C=O) groups excluding carboxylic acids is 1. The van der Waals surface area contributed by atoms with Crippen LogP contribution in [0.4, 0.5) is 0 Å². The van der Waals surface area contributed by atoms with E-state index in [0.717, 1.165) is 5.69 Å². The van der Waals surface area contributed by atoms with Crippen molar-refractivity contribution in [3.05, 3.63) is 34.3 Å². The van der Waals surface area contributed by atoms with Gasteiger partial charge in [-0.3, -0.25) is 9.48 Å². The molecule has 0 bridgehead atoms. The fraction of sp³-hybridized carbons (Fsp3) is 0.500. The van der Waals surface area contributed by atoms with Gasteiger partial charge in [-0.2, -0.15) is 5.10 Å². The van der Waals surface area contributed by atoms with Gasteiger partial charge in [0.25, 0.3) is 5.91 Å². The van der Waals surface area contributed by atoms with Gasteiger partial charge in [0.15, 0.2) is 0 Å². The zero-order chi connectivity index (χ0) is 16.2. The minimum absolute atomic E-state index is 0.0113. The predicted octanol–water partition coefficient (Wildman–Crippen LogP) is 2.40. The predicted molar refractivity (Wildman–Crippen MR) is 87.9 cm³/mol. The van der Waals surface area contributed by atoms with Crippen molar-refractivity contribution < 1.29 is 14.3 Å². The number of hydrogen-bond acceptors (Lipinski definition) is 5. The van der Waals surface area contributed by atoms with Crippen molar-refractivity contribution in [1.82, 2.24) is 14.7 Å². The van der Waals surface area contributed by atoms with Crippen LogP contribution in [0.25, 0.3) is 0 Å². The lowest BCUT2D eigenvalue weighted by molar-refractivity contribution is 0.0246. The Hall–Kier alpha value is -1.86. The highest BCUT2D eigenvalue weighted by Crippen LogP contribution is 2.28. The molecule has 6 nitrogen and oxygen atoms in total. The highest BCUT2D eigenvalue weighted by Gasteiger charge is 2.28. The Morgan fingerprint density at radius 1 is 1.35 bits per heavy atom. The van der Waals surface area contributed by atoms with E-state index in [1.807, 2.05) is 40.9 Å². The highest BCUT2D eigenvalue weighted by molar-refractivity contribution is 7.12. The number of rotatable bonds is 5. The zero-order valence-corrected chi connectivity index (χ0v) is 14.2. The van der Waals surface area contributed by atoms with Gasteiger partial charge >= 0.3 is 0 Å². The number of aromatic nitrogens is 2. The lowest BCUT2D eigenvalue weighted by atomic mass is 10.3. The van der Waals surface area contributed by atoms with Gasteiger partial charge in [0, 0.05) is 19.3 Å². The average Bonchev–Trinajstić information content (AvgIpc) is 3.13. The number of fused-ring (bicyclic) bond motifs is 1. The summed E-state index contributed by atoms with van der Waals surface area (Å²) in [6.07, 6.45) is 1.71. The molecule has 1 amide bonds. The third kappa shape index (κ3) is 3.40. The molecular weight excluding hydrogens is 314 g/mol. The monoisotopic (exact) mass is 335 g/mol. The number of thiophene rings is 1. The molecule has 3 rings (SSSR count). The van der Waals surface area contributed by atoms with Crippen molar-refractivity contribution in [3.8, 4) is 5.75 Å². The van der Waals surface area contributed by atoms with Gasteiger partial charge in [0.05, 0.1) is 31.5 Å². The molecule has 0 fully saturated rings. The minimum atomic E-state index is -0.0550. The van der Waals surface area contributed by atoms with E-state index in [9.17, 15) is 4.79 Å². The third-order valence-electron chi connectivity index (χ3n) is 3.77. The summed E-state index contributed by atoms with van der Waals surface area (Å²) in [4.78, 5) is 15.4. The van der Waals surface area contributed by atoms with E-state index in [1.165, 1.54) is 11.3 Å². The molecule has 1 unspecified atom stereocenters. The second kappa shape index (κ2) is 7.14. The Bertz CT molecular complexity index is 667. The Kier molecular flexibility index (Phi) is 4.97. The van der Waals surface area contributed by atoms with E-state index in [4.69, 9.17) is 9.47 Å². The average molecular weight is 335 g/mol. The molecule has 0 radical (unpaired) electrons. The van der Waals surface area contributed by atoms with Crippen LogP contribution in [0, 0.1) is 0 Å². The van der Waals surface area contributed by atoms with Crippen LogP contribution in [0.5, 0.6) is 5.75 Å². The summed E-state index contributed by atoms with van der Waals surface area (Å²) in [7, 11) is 0. The summed E-state index contributed by atoms with van der Waals surface area (Å²) in [5.41, 5.74) is 1.02. The molecule has 2 aromatic rings. The van der Waals surface area contributed by atoms with Gasteiger partial charge in [0.2, 0.25) is 0 Å². The number of hydrogen-bond donors (Lipinski definition) is 0. The zero-order valence-electron chi connectivity index (χ0n) is 13.4. The van der Waals surface area contributed by atoms with E-state index in [1.54, 1.807) is 6.20 Å². The Morgan fingerprint density at radius 2 is 2.22 bits per heavy atom. The van der Waals surface area contributed by atoms with E-state index < -0.39 is 0 Å². The normalized spacial score (nSPS) is 17.7. The Labute approximate surface area is 139 Å². The number of amides is 1. The van der Waals surface area contributed by atoms with Crippen molar-refractivity contribution in [1.29, 1.82) is 0 Å². The molecule has 0 aromatic carbocycles. The van der Waals surface area contributed by atoms with E-state index >= 15 is 0 Å². The number of carbonyl (C=O) groups is 1. The van der Waals surface area contributed by atoms with Crippen LogP contribution in [-0.2, 0) is 17.8 Å². The summed E-state index contributed by atoms with van der Waals surface area (Å²) < 4.78 is 13.3. The molecule has 0 saturated carbocycles. The SMILES string of the molecule is CCOc1ccsc1C(=O)N1Cc2ccnn2CC(OCC)C1. The second-order valence-corrected chi connectivity index (χ2v) is 6.23. The first kappa shape index (κ1) is 16.0.